The largest absolute Gasteiger partial charge is 0.497 e. The van der Waals surface area contributed by atoms with Gasteiger partial charge in [-0.2, -0.15) is 5.01 Å². The molecule has 1 aliphatic rings. The van der Waals surface area contributed by atoms with Crippen LogP contribution in [0.4, 0.5) is 4.79 Å². The smallest absolute Gasteiger partial charge is 0.344 e. The van der Waals surface area contributed by atoms with Crippen LogP contribution in [0.2, 0.25) is 0 Å². The highest BCUT2D eigenvalue weighted by molar-refractivity contribution is 6.09. The molecule has 4 amide bonds. The van der Waals surface area contributed by atoms with Crippen molar-refractivity contribution < 1.29 is 28.6 Å². The third-order valence-corrected chi connectivity index (χ3v) is 4.66. The first-order chi connectivity index (χ1) is 13.8. The Morgan fingerprint density at radius 2 is 1.59 bits per heavy atom. The van der Waals surface area contributed by atoms with Gasteiger partial charge in [0.25, 0.3) is 11.8 Å². The highest BCUT2D eigenvalue weighted by Crippen LogP contribution is 2.30. The predicted molar refractivity (Wildman–Crippen MR) is 103 cm³/mol. The van der Waals surface area contributed by atoms with Crippen molar-refractivity contribution in [3.05, 3.63) is 53.6 Å². The maximum absolute atomic E-state index is 13.0. The summed E-state index contributed by atoms with van der Waals surface area (Å²) >= 11 is 0. The number of hydrogen-bond acceptors (Lipinski definition) is 6. The zero-order chi connectivity index (χ0) is 21.2. The molecule has 0 bridgehead atoms. The van der Waals surface area contributed by atoms with Crippen molar-refractivity contribution in [2.75, 3.05) is 21.3 Å². The third kappa shape index (κ3) is 3.66. The Kier molecular flexibility index (Phi) is 5.31. The molecule has 0 saturated carbocycles. The molecule has 9 heteroatoms. The predicted octanol–water partition coefficient (Wildman–Crippen LogP) is 1.82. The van der Waals surface area contributed by atoms with Gasteiger partial charge in [0.15, 0.2) is 0 Å². The van der Waals surface area contributed by atoms with E-state index in [2.05, 4.69) is 10.7 Å². The number of nitrogens with zero attached hydrogens (tertiary/aromatic N) is 1. The van der Waals surface area contributed by atoms with E-state index >= 15 is 0 Å². The molecule has 1 atom stereocenters. The normalized spacial score (nSPS) is 18.3. The summed E-state index contributed by atoms with van der Waals surface area (Å²) in [6.45, 7) is 1.56. The fourth-order valence-corrected chi connectivity index (χ4v) is 2.97. The zero-order valence-corrected chi connectivity index (χ0v) is 16.4. The van der Waals surface area contributed by atoms with Crippen molar-refractivity contribution in [3.63, 3.8) is 0 Å². The molecular weight excluding hydrogens is 378 g/mol. The van der Waals surface area contributed by atoms with Crippen LogP contribution in [0, 0.1) is 0 Å². The zero-order valence-electron chi connectivity index (χ0n) is 16.4. The van der Waals surface area contributed by atoms with Crippen LogP contribution in [0.15, 0.2) is 42.5 Å². The number of imide groups is 1. The molecule has 1 fully saturated rings. The van der Waals surface area contributed by atoms with Crippen LogP contribution in [0.25, 0.3) is 0 Å². The van der Waals surface area contributed by atoms with E-state index in [1.165, 1.54) is 33.5 Å². The number of urea groups is 1. The van der Waals surface area contributed by atoms with Gasteiger partial charge in [-0.1, -0.05) is 12.1 Å². The second-order valence-electron chi connectivity index (χ2n) is 6.47. The molecular formula is C20H21N3O6. The molecule has 1 heterocycles. The third-order valence-electron chi connectivity index (χ3n) is 4.66. The van der Waals surface area contributed by atoms with Gasteiger partial charge in [0, 0.05) is 11.6 Å². The summed E-state index contributed by atoms with van der Waals surface area (Å²) < 4.78 is 15.5. The summed E-state index contributed by atoms with van der Waals surface area (Å²) in [5.74, 6) is 0.0390. The summed E-state index contributed by atoms with van der Waals surface area (Å²) in [4.78, 5) is 38.1. The molecule has 1 saturated heterocycles. The van der Waals surface area contributed by atoms with Gasteiger partial charge in [0.05, 0.1) is 21.3 Å². The van der Waals surface area contributed by atoms with Gasteiger partial charge in [-0.15, -0.1) is 0 Å². The first-order valence-corrected chi connectivity index (χ1v) is 8.67. The maximum atomic E-state index is 13.0. The quantitative estimate of drug-likeness (QED) is 0.718. The molecule has 0 unspecified atom stereocenters. The Bertz CT molecular complexity index is 954. The summed E-state index contributed by atoms with van der Waals surface area (Å²) in [7, 11) is 4.41. The van der Waals surface area contributed by atoms with E-state index in [0.29, 0.717) is 27.8 Å². The molecule has 0 aliphatic carbocycles. The van der Waals surface area contributed by atoms with Gasteiger partial charge in [-0.05, 0) is 36.8 Å². The van der Waals surface area contributed by atoms with Gasteiger partial charge in [0.2, 0.25) is 0 Å². The molecule has 2 aromatic rings. The van der Waals surface area contributed by atoms with Crippen LogP contribution < -0.4 is 25.0 Å². The van der Waals surface area contributed by atoms with Crippen LogP contribution >= 0.6 is 0 Å². The molecule has 9 nitrogen and oxygen atoms in total. The van der Waals surface area contributed by atoms with Crippen LogP contribution in [-0.4, -0.2) is 44.2 Å². The van der Waals surface area contributed by atoms with Gasteiger partial charge >= 0.3 is 6.03 Å². The summed E-state index contributed by atoms with van der Waals surface area (Å²) in [5.41, 5.74) is 1.67. The van der Waals surface area contributed by atoms with Crippen molar-refractivity contribution in [2.45, 2.75) is 12.5 Å². The van der Waals surface area contributed by atoms with Crippen LogP contribution in [0.3, 0.4) is 0 Å². The minimum Gasteiger partial charge on any atom is -0.497 e. The van der Waals surface area contributed by atoms with E-state index in [4.69, 9.17) is 14.2 Å². The molecule has 0 aromatic heterocycles. The molecule has 29 heavy (non-hydrogen) atoms. The SMILES string of the molecule is COc1cc(OC)cc(C(=O)NN2C(=O)N[C@@](C)(c3cccc(OC)c3)C2=O)c1. The lowest BCUT2D eigenvalue weighted by Gasteiger charge is -2.22. The van der Waals surface area contributed by atoms with Crippen molar-refractivity contribution in [2.24, 2.45) is 0 Å². The average molecular weight is 399 g/mol. The maximum Gasteiger partial charge on any atom is 0.344 e. The number of nitrogens with one attached hydrogen (secondary N) is 2. The second kappa shape index (κ2) is 7.70. The van der Waals surface area contributed by atoms with E-state index in [9.17, 15) is 14.4 Å². The summed E-state index contributed by atoms with van der Waals surface area (Å²) in [5, 5.41) is 3.28. The molecule has 2 aromatic carbocycles. The lowest BCUT2D eigenvalue weighted by molar-refractivity contribution is -0.132. The Morgan fingerprint density at radius 1 is 0.966 bits per heavy atom. The number of methoxy groups -OCH3 is 3. The van der Waals surface area contributed by atoms with Gasteiger partial charge in [-0.25, -0.2) is 4.79 Å². The molecule has 3 rings (SSSR count). The van der Waals surface area contributed by atoms with Crippen molar-refractivity contribution in [1.29, 1.82) is 0 Å². The fraction of sp³-hybridized carbons (Fsp3) is 0.250. The lowest BCUT2D eigenvalue weighted by Crippen LogP contribution is -2.47. The monoisotopic (exact) mass is 399 g/mol. The highest BCUT2D eigenvalue weighted by atomic mass is 16.5. The van der Waals surface area contributed by atoms with Crippen molar-refractivity contribution in [1.82, 2.24) is 15.8 Å². The molecule has 1 aliphatic heterocycles. The Balaban J connectivity index is 1.86. The van der Waals surface area contributed by atoms with E-state index in [0.717, 1.165) is 0 Å². The number of carbonyl (C=O) groups excluding carboxylic acids is 3. The van der Waals surface area contributed by atoms with Gasteiger partial charge in [0.1, 0.15) is 22.8 Å². The number of benzene rings is 2. The fourth-order valence-electron chi connectivity index (χ4n) is 2.97. The average Bonchev–Trinajstić information content (AvgIpc) is 2.97. The standard InChI is InChI=1S/C20H21N3O6/c1-20(13-6-5-7-14(10-13)27-2)18(25)23(19(26)21-20)22-17(24)12-8-15(28-3)11-16(9-12)29-4/h5-11H,1-4H3,(H,21,26)(H,22,24)/t20-/m0/s1. The minimum absolute atomic E-state index is 0.164. The second-order valence-corrected chi connectivity index (χ2v) is 6.47. The van der Waals surface area contributed by atoms with Crippen molar-refractivity contribution >= 4 is 17.8 Å². The van der Waals surface area contributed by atoms with Crippen LogP contribution in [0.1, 0.15) is 22.8 Å². The van der Waals surface area contributed by atoms with Gasteiger partial charge in [-0.3, -0.25) is 15.0 Å². The summed E-state index contributed by atoms with van der Waals surface area (Å²) in [6, 6.07) is 10.6. The minimum atomic E-state index is -1.36. The molecule has 0 spiro atoms. The number of ether oxygens (including phenoxy) is 3. The van der Waals surface area contributed by atoms with E-state index in [1.54, 1.807) is 37.3 Å². The number of carbonyl (C=O) groups is 3. The van der Waals surface area contributed by atoms with E-state index in [1.807, 2.05) is 0 Å². The van der Waals surface area contributed by atoms with Crippen LogP contribution in [0.5, 0.6) is 17.2 Å². The summed E-state index contributed by atoms with van der Waals surface area (Å²) in [6.07, 6.45) is 0. The molecule has 152 valence electrons. The molecule has 0 radical (unpaired) electrons. The number of rotatable bonds is 6. The molecule has 2 N–H and O–H groups in total. The Labute approximate surface area is 167 Å². The highest BCUT2D eigenvalue weighted by Gasteiger charge is 2.50. The first-order valence-electron chi connectivity index (χ1n) is 8.67. The van der Waals surface area contributed by atoms with Gasteiger partial charge < -0.3 is 19.5 Å². The van der Waals surface area contributed by atoms with Crippen molar-refractivity contribution in [3.8, 4) is 17.2 Å². The van der Waals surface area contributed by atoms with E-state index < -0.39 is 23.4 Å². The lowest BCUT2D eigenvalue weighted by atomic mass is 9.92. The Morgan fingerprint density at radius 3 is 2.17 bits per heavy atom. The number of hydrogen-bond donors (Lipinski definition) is 2. The topological polar surface area (TPSA) is 106 Å². The number of hydrazine groups is 1. The Hall–Kier alpha value is -3.75. The number of amides is 4. The van der Waals surface area contributed by atoms with Crippen LogP contribution in [-0.2, 0) is 10.3 Å². The first kappa shape index (κ1) is 20.0. The van der Waals surface area contributed by atoms with E-state index in [-0.39, 0.29) is 5.56 Å².